The van der Waals surface area contributed by atoms with E-state index in [4.69, 9.17) is 14.9 Å². The largest absolute Gasteiger partial charge is 0.481 e. The van der Waals surface area contributed by atoms with Gasteiger partial charge in [-0.1, -0.05) is 53.4 Å². The molecule has 1 atom stereocenters. The minimum absolute atomic E-state index is 0.0182. The molecule has 0 amide bonds. The van der Waals surface area contributed by atoms with Gasteiger partial charge < -0.3 is 14.9 Å². The van der Waals surface area contributed by atoms with E-state index >= 15 is 0 Å². The van der Waals surface area contributed by atoms with Gasteiger partial charge in [-0.3, -0.25) is 14.4 Å². The summed E-state index contributed by atoms with van der Waals surface area (Å²) < 4.78 is 5.33. The lowest BCUT2D eigenvalue weighted by atomic mass is 9.82. The van der Waals surface area contributed by atoms with Crippen molar-refractivity contribution >= 4 is 17.9 Å². The molecular formula is C23H42O6. The fourth-order valence-electron chi connectivity index (χ4n) is 3.43. The van der Waals surface area contributed by atoms with Gasteiger partial charge in [0.15, 0.2) is 0 Å². The molecule has 1 unspecified atom stereocenters. The van der Waals surface area contributed by atoms with Crippen molar-refractivity contribution in [1.82, 2.24) is 0 Å². The maximum Gasteiger partial charge on any atom is 0.308 e. The van der Waals surface area contributed by atoms with Gasteiger partial charge in [-0.15, -0.1) is 0 Å². The molecule has 1 rings (SSSR count). The molecule has 1 aliphatic rings. The van der Waals surface area contributed by atoms with E-state index in [1.807, 2.05) is 0 Å². The summed E-state index contributed by atoms with van der Waals surface area (Å²) in [5.74, 6) is -1.42. The van der Waals surface area contributed by atoms with Crippen molar-refractivity contribution in [2.24, 2.45) is 23.7 Å². The van der Waals surface area contributed by atoms with Crippen molar-refractivity contribution in [2.45, 2.75) is 98.3 Å². The fourth-order valence-corrected chi connectivity index (χ4v) is 3.43. The minimum Gasteiger partial charge on any atom is -0.481 e. The van der Waals surface area contributed by atoms with E-state index in [1.54, 1.807) is 0 Å². The van der Waals surface area contributed by atoms with Gasteiger partial charge >= 0.3 is 17.9 Å². The predicted octanol–water partition coefficient (Wildman–Crippen LogP) is 5.53. The molecule has 1 saturated carbocycles. The molecule has 0 aromatic rings. The van der Waals surface area contributed by atoms with Gasteiger partial charge in [-0.2, -0.15) is 0 Å². The van der Waals surface area contributed by atoms with E-state index in [-0.39, 0.29) is 23.7 Å². The maximum absolute atomic E-state index is 11.8. The Morgan fingerprint density at radius 1 is 0.862 bits per heavy atom. The van der Waals surface area contributed by atoms with Gasteiger partial charge in [0.2, 0.25) is 0 Å². The quantitative estimate of drug-likeness (QED) is 0.321. The van der Waals surface area contributed by atoms with Crippen LogP contribution in [0.3, 0.4) is 0 Å². The highest BCUT2D eigenvalue weighted by molar-refractivity contribution is 5.73. The molecule has 1 aliphatic carbocycles. The average Bonchev–Trinajstić information content (AvgIpc) is 2.68. The second kappa shape index (κ2) is 16.2. The van der Waals surface area contributed by atoms with Gasteiger partial charge in [0.25, 0.3) is 0 Å². The first kappa shape index (κ1) is 27.4. The topological polar surface area (TPSA) is 101 Å². The van der Waals surface area contributed by atoms with Crippen LogP contribution in [0.4, 0.5) is 0 Å². The molecule has 0 saturated heterocycles. The Morgan fingerprint density at radius 3 is 1.76 bits per heavy atom. The van der Waals surface area contributed by atoms with Crippen LogP contribution in [-0.4, -0.2) is 34.7 Å². The number of carbonyl (C=O) groups excluding carboxylic acids is 1. The van der Waals surface area contributed by atoms with Crippen LogP contribution >= 0.6 is 0 Å². The molecular weight excluding hydrogens is 372 g/mol. The highest BCUT2D eigenvalue weighted by Gasteiger charge is 2.29. The number of hydrogen-bond acceptors (Lipinski definition) is 4. The first-order chi connectivity index (χ1) is 13.7. The van der Waals surface area contributed by atoms with Gasteiger partial charge in [0.1, 0.15) is 0 Å². The summed E-state index contributed by atoms with van der Waals surface area (Å²) in [6.45, 7) is 9.26. The molecule has 1 fully saturated rings. The van der Waals surface area contributed by atoms with Crippen LogP contribution in [0.25, 0.3) is 0 Å². The van der Waals surface area contributed by atoms with Crippen molar-refractivity contribution in [3.05, 3.63) is 0 Å². The van der Waals surface area contributed by atoms with E-state index in [0.29, 0.717) is 38.2 Å². The van der Waals surface area contributed by atoms with Crippen molar-refractivity contribution < 1.29 is 29.3 Å². The Bertz CT molecular complexity index is 444. The Morgan fingerprint density at radius 2 is 1.38 bits per heavy atom. The van der Waals surface area contributed by atoms with Crippen molar-refractivity contribution in [3.63, 3.8) is 0 Å². The maximum atomic E-state index is 11.8. The van der Waals surface area contributed by atoms with Gasteiger partial charge in [0, 0.05) is 0 Å². The number of esters is 1. The second-order valence-electron chi connectivity index (χ2n) is 8.53. The smallest absolute Gasteiger partial charge is 0.308 e. The number of unbranched alkanes of at least 4 members (excludes halogenated alkanes) is 3. The number of aliphatic carboxylic acids is 2. The summed E-state index contributed by atoms with van der Waals surface area (Å²) in [7, 11) is 0. The van der Waals surface area contributed by atoms with E-state index in [2.05, 4.69) is 27.7 Å². The number of hydrogen-bond donors (Lipinski definition) is 2. The molecule has 170 valence electrons. The first-order valence-corrected chi connectivity index (χ1v) is 11.3. The third kappa shape index (κ3) is 13.3. The van der Waals surface area contributed by atoms with E-state index in [0.717, 1.165) is 25.7 Å². The summed E-state index contributed by atoms with van der Waals surface area (Å²) in [6.07, 6.45) is 9.66. The number of ether oxygens (including phenoxy) is 1. The van der Waals surface area contributed by atoms with Crippen LogP contribution in [0.5, 0.6) is 0 Å². The van der Waals surface area contributed by atoms with Crippen molar-refractivity contribution in [3.8, 4) is 0 Å². The molecule has 0 aliphatic heterocycles. The summed E-state index contributed by atoms with van der Waals surface area (Å²) in [5.41, 5.74) is 0. The van der Waals surface area contributed by atoms with E-state index in [1.165, 1.54) is 19.3 Å². The average molecular weight is 415 g/mol. The number of carbonyl (C=O) groups is 3. The molecule has 29 heavy (non-hydrogen) atoms. The summed E-state index contributed by atoms with van der Waals surface area (Å²) in [4.78, 5) is 32.8. The molecule has 0 spiro atoms. The lowest BCUT2D eigenvalue weighted by molar-refractivity contribution is -0.149. The zero-order chi connectivity index (χ0) is 22.2. The number of carboxylic acid groups (broad SMARTS) is 2. The van der Waals surface area contributed by atoms with Gasteiger partial charge in [0.05, 0.1) is 24.4 Å². The van der Waals surface area contributed by atoms with E-state index in [9.17, 15) is 14.4 Å². The van der Waals surface area contributed by atoms with Gasteiger partial charge in [-0.05, 0) is 50.9 Å². The van der Waals surface area contributed by atoms with Crippen molar-refractivity contribution in [1.29, 1.82) is 0 Å². The molecule has 6 nitrogen and oxygen atoms in total. The zero-order valence-electron chi connectivity index (χ0n) is 18.8. The van der Waals surface area contributed by atoms with E-state index < -0.39 is 11.9 Å². The monoisotopic (exact) mass is 414 g/mol. The van der Waals surface area contributed by atoms with Crippen LogP contribution in [0.15, 0.2) is 0 Å². The molecule has 0 radical (unpaired) electrons. The fraction of sp³-hybridized carbons (Fsp3) is 0.870. The molecule has 2 N–H and O–H groups in total. The Hall–Kier alpha value is -1.59. The SMILES string of the molecule is CCCCCCOC(=O)C(CC)CCC(C)C.O=C(O)C1CCC(C(=O)O)CC1. The summed E-state index contributed by atoms with van der Waals surface area (Å²) in [6, 6.07) is 0. The predicted molar refractivity (Wildman–Crippen MR) is 114 cm³/mol. The highest BCUT2D eigenvalue weighted by Crippen LogP contribution is 2.28. The second-order valence-corrected chi connectivity index (χ2v) is 8.53. The van der Waals surface area contributed by atoms with Crippen LogP contribution in [0.2, 0.25) is 0 Å². The van der Waals surface area contributed by atoms with Gasteiger partial charge in [-0.25, -0.2) is 0 Å². The van der Waals surface area contributed by atoms with Crippen molar-refractivity contribution in [2.75, 3.05) is 6.61 Å². The van der Waals surface area contributed by atoms with Crippen LogP contribution in [0.1, 0.15) is 98.3 Å². The van der Waals surface area contributed by atoms with Crippen LogP contribution in [-0.2, 0) is 19.1 Å². The molecule has 0 bridgehead atoms. The number of rotatable bonds is 12. The highest BCUT2D eigenvalue weighted by atomic mass is 16.5. The third-order valence-electron chi connectivity index (χ3n) is 5.59. The third-order valence-corrected chi connectivity index (χ3v) is 5.59. The Kier molecular flexibility index (Phi) is 15.3. The summed E-state index contributed by atoms with van der Waals surface area (Å²) in [5, 5.41) is 17.2. The molecule has 0 aromatic heterocycles. The first-order valence-electron chi connectivity index (χ1n) is 11.3. The molecule has 0 aromatic carbocycles. The Labute approximate surface area is 176 Å². The molecule has 6 heteroatoms. The zero-order valence-corrected chi connectivity index (χ0v) is 18.8. The normalized spacial score (nSPS) is 19.8. The lowest BCUT2D eigenvalue weighted by Crippen LogP contribution is -2.25. The minimum atomic E-state index is -0.793. The summed E-state index contributed by atoms with van der Waals surface area (Å²) >= 11 is 0. The Balaban J connectivity index is 0.000000571. The van der Waals surface area contributed by atoms with Crippen LogP contribution < -0.4 is 0 Å². The molecule has 0 heterocycles. The lowest BCUT2D eigenvalue weighted by Gasteiger charge is -2.22. The number of carboxylic acids is 2. The standard InChI is InChI=1S/C15H30O2.C8H12O4/c1-5-7-8-9-12-17-15(16)14(6-2)11-10-13(3)4;9-7(10)5-1-2-6(4-3-5)8(11)12/h13-14H,5-12H2,1-4H3;5-6H,1-4H2,(H,9,10)(H,11,12). The van der Waals surface area contributed by atoms with Crippen LogP contribution in [0, 0.1) is 23.7 Å².